The molecular weight excluding hydrogens is 193 g/mol. The van der Waals surface area contributed by atoms with Crippen LogP contribution in [-0.2, 0) is 0 Å². The molecule has 1 aromatic carbocycles. The van der Waals surface area contributed by atoms with Crippen molar-refractivity contribution in [3.8, 4) is 0 Å². The molecule has 0 spiro atoms. The summed E-state index contributed by atoms with van der Waals surface area (Å²) in [6.07, 6.45) is -0.660. The summed E-state index contributed by atoms with van der Waals surface area (Å²) in [6.45, 7) is 1.58. The number of aliphatic hydroxyl groups excluding tert-OH is 1. The zero-order valence-corrected chi connectivity index (χ0v) is 8.09. The summed E-state index contributed by atoms with van der Waals surface area (Å²) < 4.78 is 12.7. The molecule has 0 radical (unpaired) electrons. The second kappa shape index (κ2) is 5.17. The molecule has 0 heterocycles. The molecule has 0 aromatic heterocycles. The van der Waals surface area contributed by atoms with E-state index in [1.165, 1.54) is 12.1 Å². The molecule has 13 heavy (non-hydrogen) atoms. The number of rotatable bonds is 2. The second-order valence-corrected chi connectivity index (χ2v) is 2.82. The fourth-order valence-electron chi connectivity index (χ4n) is 0.992. The first-order valence-electron chi connectivity index (χ1n) is 3.80. The summed E-state index contributed by atoms with van der Waals surface area (Å²) in [6, 6.07) is 5.43. The summed E-state index contributed by atoms with van der Waals surface area (Å²) >= 11 is 0. The minimum absolute atomic E-state index is 0. The normalized spacial score (nSPS) is 14.5. The van der Waals surface area contributed by atoms with Gasteiger partial charge in [-0.05, 0) is 24.6 Å². The van der Waals surface area contributed by atoms with Gasteiger partial charge < -0.3 is 10.8 Å². The van der Waals surface area contributed by atoms with Crippen molar-refractivity contribution in [2.75, 3.05) is 0 Å². The number of aliphatic hydroxyl groups is 1. The Morgan fingerprint density at radius 1 is 1.46 bits per heavy atom. The largest absolute Gasteiger partial charge is 0.391 e. The van der Waals surface area contributed by atoms with Crippen molar-refractivity contribution >= 4 is 12.4 Å². The van der Waals surface area contributed by atoms with Gasteiger partial charge in [-0.15, -0.1) is 12.4 Å². The Labute approximate surface area is 83.0 Å². The van der Waals surface area contributed by atoms with Gasteiger partial charge in [0.15, 0.2) is 0 Å². The van der Waals surface area contributed by atoms with Crippen LogP contribution in [0.3, 0.4) is 0 Å². The van der Waals surface area contributed by atoms with Crippen LogP contribution in [0.2, 0.25) is 0 Å². The minimum atomic E-state index is -0.660. The predicted molar refractivity (Wildman–Crippen MR) is 52.3 cm³/mol. The molecular formula is C9H13ClFNO. The first-order chi connectivity index (χ1) is 5.61. The Kier molecular flexibility index (Phi) is 4.91. The molecule has 0 saturated heterocycles. The van der Waals surface area contributed by atoms with Crippen molar-refractivity contribution < 1.29 is 9.50 Å². The third-order valence-electron chi connectivity index (χ3n) is 1.75. The molecule has 74 valence electrons. The Hall–Kier alpha value is -0.640. The van der Waals surface area contributed by atoms with Gasteiger partial charge in [0.1, 0.15) is 5.82 Å². The van der Waals surface area contributed by atoms with E-state index in [0.29, 0.717) is 5.56 Å². The Morgan fingerprint density at radius 3 is 2.54 bits per heavy atom. The van der Waals surface area contributed by atoms with E-state index in [1.54, 1.807) is 19.1 Å². The molecule has 0 aliphatic heterocycles. The fraction of sp³-hybridized carbons (Fsp3) is 0.333. The highest BCUT2D eigenvalue weighted by atomic mass is 35.5. The molecule has 1 aromatic rings. The van der Waals surface area contributed by atoms with Gasteiger partial charge in [-0.2, -0.15) is 0 Å². The first-order valence-corrected chi connectivity index (χ1v) is 3.80. The zero-order valence-electron chi connectivity index (χ0n) is 7.27. The maximum Gasteiger partial charge on any atom is 0.123 e. The van der Waals surface area contributed by atoms with E-state index in [9.17, 15) is 4.39 Å². The van der Waals surface area contributed by atoms with E-state index in [-0.39, 0.29) is 18.2 Å². The Balaban J connectivity index is 0.00000144. The maximum atomic E-state index is 12.7. The summed E-state index contributed by atoms with van der Waals surface area (Å²) in [5, 5.41) is 9.12. The van der Waals surface area contributed by atoms with Crippen molar-refractivity contribution in [2.24, 2.45) is 5.73 Å². The highest BCUT2D eigenvalue weighted by molar-refractivity contribution is 5.85. The smallest absolute Gasteiger partial charge is 0.123 e. The molecule has 0 aliphatic carbocycles. The van der Waals surface area contributed by atoms with E-state index in [2.05, 4.69) is 0 Å². The van der Waals surface area contributed by atoms with E-state index in [1.807, 2.05) is 0 Å². The molecule has 0 fully saturated rings. The molecule has 0 bridgehead atoms. The minimum Gasteiger partial charge on any atom is -0.391 e. The molecule has 1 rings (SSSR count). The Bertz CT molecular complexity index is 268. The number of nitrogens with two attached hydrogens (primary N) is 1. The van der Waals surface area contributed by atoms with Crippen LogP contribution in [0.1, 0.15) is 18.5 Å². The predicted octanol–water partition coefficient (Wildman–Crippen LogP) is 1.63. The van der Waals surface area contributed by atoms with Crippen LogP contribution in [0.5, 0.6) is 0 Å². The van der Waals surface area contributed by atoms with Gasteiger partial charge in [0, 0.05) is 0 Å². The van der Waals surface area contributed by atoms with Gasteiger partial charge in [0.25, 0.3) is 0 Å². The lowest BCUT2D eigenvalue weighted by molar-refractivity contribution is 0.164. The summed E-state index contributed by atoms with van der Waals surface area (Å²) in [7, 11) is 0. The lowest BCUT2D eigenvalue weighted by Crippen LogP contribution is -2.23. The fourth-order valence-corrected chi connectivity index (χ4v) is 0.992. The first kappa shape index (κ1) is 12.4. The second-order valence-electron chi connectivity index (χ2n) is 2.82. The van der Waals surface area contributed by atoms with Crippen LogP contribution in [0.4, 0.5) is 4.39 Å². The monoisotopic (exact) mass is 205 g/mol. The number of benzene rings is 1. The SMILES string of the molecule is C[C@@H](O)[C@@H](N)c1cccc(F)c1.Cl. The molecule has 4 heteroatoms. The van der Waals surface area contributed by atoms with E-state index in [4.69, 9.17) is 10.8 Å². The van der Waals surface area contributed by atoms with Crippen LogP contribution in [-0.4, -0.2) is 11.2 Å². The lowest BCUT2D eigenvalue weighted by Gasteiger charge is -2.14. The van der Waals surface area contributed by atoms with E-state index >= 15 is 0 Å². The van der Waals surface area contributed by atoms with Crippen molar-refractivity contribution in [2.45, 2.75) is 19.1 Å². The van der Waals surface area contributed by atoms with Crippen LogP contribution < -0.4 is 5.73 Å². The molecule has 0 aliphatic rings. The van der Waals surface area contributed by atoms with Gasteiger partial charge in [0.05, 0.1) is 12.1 Å². The third kappa shape index (κ3) is 3.30. The van der Waals surface area contributed by atoms with E-state index < -0.39 is 12.1 Å². The van der Waals surface area contributed by atoms with Gasteiger partial charge in [-0.3, -0.25) is 0 Å². The molecule has 2 nitrogen and oxygen atoms in total. The average Bonchev–Trinajstić information content (AvgIpc) is 2.03. The summed E-state index contributed by atoms with van der Waals surface area (Å²) in [4.78, 5) is 0. The quantitative estimate of drug-likeness (QED) is 0.771. The molecule has 3 N–H and O–H groups in total. The molecule has 0 saturated carbocycles. The van der Waals surface area contributed by atoms with Crippen molar-refractivity contribution in [1.82, 2.24) is 0 Å². The van der Waals surface area contributed by atoms with E-state index in [0.717, 1.165) is 0 Å². The molecule has 0 amide bonds. The summed E-state index contributed by atoms with van der Waals surface area (Å²) in [5.74, 6) is -0.330. The lowest BCUT2D eigenvalue weighted by atomic mass is 10.0. The Morgan fingerprint density at radius 2 is 2.08 bits per heavy atom. The number of hydrogen-bond donors (Lipinski definition) is 2. The highest BCUT2D eigenvalue weighted by Crippen LogP contribution is 2.14. The van der Waals surface area contributed by atoms with Crippen LogP contribution in [0.15, 0.2) is 24.3 Å². The highest BCUT2D eigenvalue weighted by Gasteiger charge is 2.11. The number of hydrogen-bond acceptors (Lipinski definition) is 2. The third-order valence-corrected chi connectivity index (χ3v) is 1.75. The summed E-state index contributed by atoms with van der Waals surface area (Å²) in [5.41, 5.74) is 6.21. The van der Waals surface area contributed by atoms with Crippen LogP contribution >= 0.6 is 12.4 Å². The average molecular weight is 206 g/mol. The standard InChI is InChI=1S/C9H12FNO.ClH/c1-6(12)9(11)7-3-2-4-8(10)5-7;/h2-6,9,12H,11H2,1H3;1H/t6-,9-;/m1./s1. The van der Waals surface area contributed by atoms with Crippen molar-refractivity contribution in [3.05, 3.63) is 35.6 Å². The maximum absolute atomic E-state index is 12.7. The number of halogens is 2. The zero-order chi connectivity index (χ0) is 9.14. The van der Waals surface area contributed by atoms with Crippen molar-refractivity contribution in [1.29, 1.82) is 0 Å². The van der Waals surface area contributed by atoms with Gasteiger partial charge in [-0.25, -0.2) is 4.39 Å². The van der Waals surface area contributed by atoms with Crippen LogP contribution in [0, 0.1) is 5.82 Å². The molecule has 2 atom stereocenters. The van der Waals surface area contributed by atoms with Gasteiger partial charge >= 0.3 is 0 Å². The topological polar surface area (TPSA) is 46.2 Å². The van der Waals surface area contributed by atoms with Gasteiger partial charge in [-0.1, -0.05) is 12.1 Å². The van der Waals surface area contributed by atoms with Gasteiger partial charge in [0.2, 0.25) is 0 Å². The van der Waals surface area contributed by atoms with Crippen molar-refractivity contribution in [3.63, 3.8) is 0 Å². The molecule has 0 unspecified atom stereocenters. The van der Waals surface area contributed by atoms with Crippen LogP contribution in [0.25, 0.3) is 0 Å².